The van der Waals surface area contributed by atoms with Gasteiger partial charge in [0, 0.05) is 36.9 Å². The summed E-state index contributed by atoms with van der Waals surface area (Å²) in [5.41, 5.74) is 1.88. The van der Waals surface area contributed by atoms with Crippen molar-refractivity contribution < 1.29 is 4.39 Å². The van der Waals surface area contributed by atoms with Crippen molar-refractivity contribution in [3.05, 3.63) is 59.0 Å². The number of nitrogens with zero attached hydrogens (tertiary/aromatic N) is 4. The van der Waals surface area contributed by atoms with Gasteiger partial charge in [0.1, 0.15) is 11.6 Å². The molecule has 1 fully saturated rings. The van der Waals surface area contributed by atoms with Gasteiger partial charge in [0.15, 0.2) is 5.96 Å². The van der Waals surface area contributed by atoms with Gasteiger partial charge in [0.25, 0.3) is 0 Å². The second kappa shape index (κ2) is 11.7. The summed E-state index contributed by atoms with van der Waals surface area (Å²) in [6.45, 7) is 6.76. The van der Waals surface area contributed by atoms with Gasteiger partial charge in [0.05, 0.1) is 18.2 Å². The van der Waals surface area contributed by atoms with Crippen molar-refractivity contribution in [1.29, 1.82) is 5.26 Å². The molecule has 0 unspecified atom stereocenters. The van der Waals surface area contributed by atoms with Gasteiger partial charge in [-0.25, -0.2) is 14.4 Å². The first-order valence-electron chi connectivity index (χ1n) is 10.0. The number of halogens is 2. The zero-order valence-corrected chi connectivity index (χ0v) is 19.7. The van der Waals surface area contributed by atoms with Gasteiger partial charge >= 0.3 is 0 Å². The molecule has 0 amide bonds. The predicted octanol–water partition coefficient (Wildman–Crippen LogP) is 3.74. The average Bonchev–Trinajstić information content (AvgIpc) is 2.73. The fourth-order valence-electron chi connectivity index (χ4n) is 3.40. The molecule has 1 aliphatic heterocycles. The highest BCUT2D eigenvalue weighted by molar-refractivity contribution is 14.0. The number of aryl methyl sites for hydroxylation is 1. The van der Waals surface area contributed by atoms with Crippen LogP contribution in [-0.4, -0.2) is 36.6 Å². The van der Waals surface area contributed by atoms with E-state index in [-0.39, 0.29) is 36.3 Å². The molecule has 0 atom stereocenters. The molecule has 3 rings (SSSR count). The van der Waals surface area contributed by atoms with Gasteiger partial charge in [-0.1, -0.05) is 6.07 Å². The van der Waals surface area contributed by atoms with E-state index in [4.69, 9.17) is 5.26 Å². The highest BCUT2D eigenvalue weighted by Gasteiger charge is 2.21. The normalized spacial score (nSPS) is 14.6. The van der Waals surface area contributed by atoms with Gasteiger partial charge < -0.3 is 15.5 Å². The molecule has 0 aliphatic carbocycles. The van der Waals surface area contributed by atoms with Crippen molar-refractivity contribution in [2.24, 2.45) is 4.99 Å². The number of pyridine rings is 1. The third-order valence-electron chi connectivity index (χ3n) is 4.96. The lowest BCUT2D eigenvalue weighted by atomic mass is 10.1. The van der Waals surface area contributed by atoms with E-state index in [0.29, 0.717) is 23.1 Å². The maximum atomic E-state index is 14.0. The van der Waals surface area contributed by atoms with Crippen molar-refractivity contribution in [2.75, 3.05) is 24.5 Å². The third kappa shape index (κ3) is 6.55. The number of rotatable bonds is 5. The summed E-state index contributed by atoms with van der Waals surface area (Å²) < 4.78 is 14.0. The van der Waals surface area contributed by atoms with Crippen LogP contribution in [0.3, 0.4) is 0 Å². The van der Waals surface area contributed by atoms with Gasteiger partial charge in [-0.3, -0.25) is 0 Å². The first-order chi connectivity index (χ1) is 14.1. The summed E-state index contributed by atoms with van der Waals surface area (Å²) in [5.74, 6) is 1.35. The Kier molecular flexibility index (Phi) is 9.30. The minimum Gasteiger partial charge on any atom is -0.357 e. The number of aliphatic imine (C=N–C) groups is 1. The van der Waals surface area contributed by atoms with Crippen molar-refractivity contribution >= 4 is 35.8 Å². The largest absolute Gasteiger partial charge is 0.357 e. The van der Waals surface area contributed by atoms with Crippen LogP contribution in [0.5, 0.6) is 0 Å². The number of anilines is 1. The van der Waals surface area contributed by atoms with E-state index in [2.05, 4.69) is 31.6 Å². The molecule has 6 nitrogen and oxygen atoms in total. The molecule has 1 saturated heterocycles. The number of benzene rings is 1. The summed E-state index contributed by atoms with van der Waals surface area (Å²) in [4.78, 5) is 11.4. The van der Waals surface area contributed by atoms with E-state index in [0.717, 1.165) is 44.0 Å². The fourth-order valence-corrected chi connectivity index (χ4v) is 3.40. The van der Waals surface area contributed by atoms with Crippen molar-refractivity contribution in [3.8, 4) is 6.07 Å². The lowest BCUT2D eigenvalue weighted by Gasteiger charge is -2.34. The van der Waals surface area contributed by atoms with Crippen molar-refractivity contribution in [1.82, 2.24) is 15.6 Å². The molecule has 2 heterocycles. The zero-order valence-electron chi connectivity index (χ0n) is 17.4. The molecule has 30 heavy (non-hydrogen) atoms. The minimum absolute atomic E-state index is 0. The number of hydrogen-bond donors (Lipinski definition) is 2. The van der Waals surface area contributed by atoms with Crippen LogP contribution in [0.15, 0.2) is 41.4 Å². The number of aromatic nitrogens is 1. The van der Waals surface area contributed by atoms with Gasteiger partial charge in [-0.15, -0.1) is 24.0 Å². The minimum atomic E-state index is -0.345. The van der Waals surface area contributed by atoms with Crippen LogP contribution in [0.2, 0.25) is 0 Å². The van der Waals surface area contributed by atoms with E-state index in [1.165, 1.54) is 12.1 Å². The predicted molar refractivity (Wildman–Crippen MR) is 129 cm³/mol. The Morgan fingerprint density at radius 2 is 2.07 bits per heavy atom. The lowest BCUT2D eigenvalue weighted by Crippen LogP contribution is -2.48. The second-order valence-corrected chi connectivity index (χ2v) is 7.16. The summed E-state index contributed by atoms with van der Waals surface area (Å²) in [6, 6.07) is 12.8. The molecular weight excluding hydrogens is 494 g/mol. The molecule has 2 aromatic rings. The van der Waals surface area contributed by atoms with Gasteiger partial charge in [0.2, 0.25) is 0 Å². The quantitative estimate of drug-likeness (QED) is 0.356. The van der Waals surface area contributed by atoms with Crippen LogP contribution in [0.25, 0.3) is 0 Å². The zero-order chi connectivity index (χ0) is 20.6. The molecule has 160 valence electrons. The molecule has 2 N–H and O–H groups in total. The van der Waals surface area contributed by atoms with Crippen LogP contribution >= 0.6 is 24.0 Å². The Hall–Kier alpha value is -2.41. The maximum Gasteiger partial charge on any atom is 0.191 e. The number of piperidine rings is 1. The highest BCUT2D eigenvalue weighted by Crippen LogP contribution is 2.18. The fraction of sp³-hybridized carbons (Fsp3) is 0.409. The lowest BCUT2D eigenvalue weighted by molar-refractivity contribution is 0.459. The van der Waals surface area contributed by atoms with Crippen LogP contribution in [-0.2, 0) is 6.54 Å². The third-order valence-corrected chi connectivity index (χ3v) is 4.96. The molecular formula is C22H28FIN6. The Bertz CT molecular complexity index is 903. The van der Waals surface area contributed by atoms with Crippen LogP contribution in [0, 0.1) is 24.1 Å². The van der Waals surface area contributed by atoms with Crippen LogP contribution < -0.4 is 15.5 Å². The number of nitrogens with one attached hydrogen (secondary N) is 2. The summed E-state index contributed by atoms with van der Waals surface area (Å²) in [5, 5.41) is 15.7. The average molecular weight is 522 g/mol. The summed E-state index contributed by atoms with van der Waals surface area (Å²) in [6.07, 6.45) is 1.94. The Balaban J connectivity index is 0.00000320. The number of hydrogen-bond acceptors (Lipinski definition) is 4. The monoisotopic (exact) mass is 522 g/mol. The van der Waals surface area contributed by atoms with Gasteiger partial charge in [-0.2, -0.15) is 5.26 Å². The van der Waals surface area contributed by atoms with E-state index >= 15 is 0 Å². The van der Waals surface area contributed by atoms with E-state index in [9.17, 15) is 4.39 Å². The Labute approximate surface area is 194 Å². The van der Waals surface area contributed by atoms with Gasteiger partial charge in [-0.05, 0) is 57.0 Å². The molecule has 1 aliphatic rings. The SMILES string of the molecule is CCNC(=NCc1cc(C#N)ccc1F)NC1CCN(c2cccc(C)n2)CC1.I. The smallest absolute Gasteiger partial charge is 0.191 e. The first kappa shape index (κ1) is 23.9. The standard InChI is InChI=1S/C22H27FN6.HI/c1-3-25-22(26-15-18-13-17(14-24)7-8-20(18)23)28-19-9-11-29(12-10-19)21-6-4-5-16(2)27-21;/h4-8,13,19H,3,9-12,15H2,1-2H3,(H2,25,26,28);1H. The molecule has 0 bridgehead atoms. The second-order valence-electron chi connectivity index (χ2n) is 7.16. The number of guanidine groups is 1. The molecule has 0 radical (unpaired) electrons. The topological polar surface area (TPSA) is 76.3 Å². The maximum absolute atomic E-state index is 14.0. The van der Waals surface area contributed by atoms with Crippen molar-refractivity contribution in [3.63, 3.8) is 0 Å². The molecule has 1 aromatic carbocycles. The number of nitriles is 1. The van der Waals surface area contributed by atoms with Crippen molar-refractivity contribution in [2.45, 2.75) is 39.3 Å². The molecule has 0 spiro atoms. The Morgan fingerprint density at radius 1 is 1.30 bits per heavy atom. The van der Waals surface area contributed by atoms with Crippen LogP contribution in [0.4, 0.5) is 10.2 Å². The molecule has 8 heteroatoms. The molecule has 1 aromatic heterocycles. The van der Waals surface area contributed by atoms with E-state index < -0.39 is 0 Å². The summed E-state index contributed by atoms with van der Waals surface area (Å²) >= 11 is 0. The summed E-state index contributed by atoms with van der Waals surface area (Å²) in [7, 11) is 0. The molecule has 0 saturated carbocycles. The first-order valence-corrected chi connectivity index (χ1v) is 10.0. The van der Waals surface area contributed by atoms with E-state index in [1.54, 1.807) is 6.07 Å². The van der Waals surface area contributed by atoms with Crippen LogP contribution in [0.1, 0.15) is 36.6 Å². The highest BCUT2D eigenvalue weighted by atomic mass is 127. The van der Waals surface area contributed by atoms with E-state index in [1.807, 2.05) is 32.0 Å². The Morgan fingerprint density at radius 3 is 2.73 bits per heavy atom.